The molecule has 8 aromatic carbocycles. The van der Waals surface area contributed by atoms with Crippen molar-refractivity contribution in [2.75, 3.05) is 0 Å². The number of hydrogen-bond donors (Lipinski definition) is 0. The van der Waals surface area contributed by atoms with E-state index in [4.69, 9.17) is 9.97 Å². The number of rotatable bonds is 2. The zero-order valence-corrected chi connectivity index (χ0v) is 27.6. The van der Waals surface area contributed by atoms with Gasteiger partial charge in [-0.2, -0.15) is 0 Å². The van der Waals surface area contributed by atoms with Crippen LogP contribution in [0, 0.1) is 0 Å². The molecule has 51 heavy (non-hydrogen) atoms. The predicted molar refractivity (Wildman–Crippen MR) is 216 cm³/mol. The summed E-state index contributed by atoms with van der Waals surface area (Å²) < 4.78 is 2.27. The molecule has 0 N–H and O–H groups in total. The van der Waals surface area contributed by atoms with Gasteiger partial charge in [-0.05, 0) is 103 Å². The quantitative estimate of drug-likeness (QED) is 0.187. The van der Waals surface area contributed by atoms with E-state index in [1.165, 1.54) is 48.5 Å². The van der Waals surface area contributed by atoms with Gasteiger partial charge in [0, 0.05) is 27.2 Å². The Labute approximate surface area is 293 Å². The number of fused-ring (bicyclic) bond motifs is 13. The molecule has 0 spiro atoms. The maximum Gasteiger partial charge on any atom is 0.146 e. The molecule has 0 aliphatic carbocycles. The lowest BCUT2D eigenvalue weighted by Crippen LogP contribution is -1.97. The Bertz CT molecular complexity index is 3250. The van der Waals surface area contributed by atoms with Crippen LogP contribution in [-0.4, -0.2) is 14.5 Å². The third kappa shape index (κ3) is 4.32. The second-order valence-electron chi connectivity index (χ2n) is 13.4. The fourth-order valence-corrected chi connectivity index (χ4v) is 8.10. The molecule has 8 bridgehead atoms. The Morgan fingerprint density at radius 2 is 0.961 bits per heavy atom. The van der Waals surface area contributed by atoms with Crippen LogP contribution in [0.3, 0.4) is 0 Å². The van der Waals surface area contributed by atoms with Crippen LogP contribution in [0.2, 0.25) is 0 Å². The summed E-state index contributed by atoms with van der Waals surface area (Å²) in [7, 11) is 0. The van der Waals surface area contributed by atoms with Crippen molar-refractivity contribution < 1.29 is 0 Å². The summed E-state index contributed by atoms with van der Waals surface area (Å²) in [6.07, 6.45) is 0. The molecule has 0 saturated heterocycles. The van der Waals surface area contributed by atoms with Crippen molar-refractivity contribution in [3.8, 4) is 17.1 Å². The van der Waals surface area contributed by atoms with Gasteiger partial charge in [-0.15, -0.1) is 0 Å². The molecule has 0 fully saturated rings. The molecule has 236 valence electrons. The van der Waals surface area contributed by atoms with Crippen molar-refractivity contribution in [2.24, 2.45) is 0 Å². The van der Waals surface area contributed by atoms with Crippen molar-refractivity contribution in [3.05, 3.63) is 176 Å². The Morgan fingerprint density at radius 1 is 0.333 bits per heavy atom. The van der Waals surface area contributed by atoms with Gasteiger partial charge >= 0.3 is 0 Å². The highest BCUT2D eigenvalue weighted by molar-refractivity contribution is 6.16. The highest BCUT2D eigenvalue weighted by Crippen LogP contribution is 2.37. The minimum absolute atomic E-state index is 0.845. The van der Waals surface area contributed by atoms with Gasteiger partial charge in [0.05, 0.1) is 22.4 Å². The Morgan fingerprint density at radius 3 is 1.78 bits per heavy atom. The lowest BCUT2D eigenvalue weighted by Gasteiger charge is -2.11. The van der Waals surface area contributed by atoms with E-state index in [0.717, 1.165) is 55.3 Å². The molecule has 3 heterocycles. The normalized spacial score (nSPS) is 11.9. The monoisotopic (exact) mass is 647 g/mol. The molecule has 0 atom stereocenters. The smallest absolute Gasteiger partial charge is 0.146 e. The van der Waals surface area contributed by atoms with Crippen LogP contribution < -0.4 is 0 Å². The van der Waals surface area contributed by atoms with E-state index in [-0.39, 0.29) is 0 Å². The first-order chi connectivity index (χ1) is 25.3. The number of para-hydroxylation sites is 2. The molecular weight excluding hydrogens is 619 g/mol. The van der Waals surface area contributed by atoms with Crippen LogP contribution >= 0.6 is 0 Å². The third-order valence-corrected chi connectivity index (χ3v) is 10.5. The van der Waals surface area contributed by atoms with Gasteiger partial charge in [-0.1, -0.05) is 121 Å². The predicted octanol–water partition coefficient (Wildman–Crippen LogP) is 12.7. The minimum Gasteiger partial charge on any atom is -0.294 e. The van der Waals surface area contributed by atoms with Gasteiger partial charge < -0.3 is 0 Å². The van der Waals surface area contributed by atoms with Crippen LogP contribution in [-0.2, 0) is 0 Å². The number of pyridine rings is 2. The first-order valence-electron chi connectivity index (χ1n) is 17.4. The summed E-state index contributed by atoms with van der Waals surface area (Å²) in [5.41, 5.74) is 5.78. The lowest BCUT2D eigenvalue weighted by molar-refractivity contribution is 1.13. The molecule has 0 saturated carbocycles. The van der Waals surface area contributed by atoms with Crippen LogP contribution in [0.15, 0.2) is 176 Å². The van der Waals surface area contributed by atoms with Crippen LogP contribution in [0.4, 0.5) is 0 Å². The Balaban J connectivity index is 1.31. The molecule has 11 rings (SSSR count). The van der Waals surface area contributed by atoms with Crippen LogP contribution in [0.1, 0.15) is 0 Å². The Kier molecular flexibility index (Phi) is 5.96. The highest BCUT2D eigenvalue weighted by atomic mass is 15.1. The first-order valence-corrected chi connectivity index (χ1v) is 17.4. The standard InChI is InChI=1S/C48H29N3/c1-2-15-36(16-3-1)51-46-21-5-4-17-39(46)41-24-25-44(50-48(41)51)47-40-20-9-19-38-34-14-7-12-32(27-34)31-11-6-13-33(26-31)37-18-8-10-30-22-23-35(28-42(30)37)45(49-47)29-43(38)40/h1-29H. The van der Waals surface area contributed by atoms with E-state index in [0.29, 0.717) is 0 Å². The van der Waals surface area contributed by atoms with Crippen molar-refractivity contribution in [1.82, 2.24) is 14.5 Å². The second-order valence-corrected chi connectivity index (χ2v) is 13.4. The maximum atomic E-state index is 5.49. The summed E-state index contributed by atoms with van der Waals surface area (Å²) in [6, 6.07) is 63.5. The van der Waals surface area contributed by atoms with Crippen LogP contribution in [0.5, 0.6) is 0 Å². The highest BCUT2D eigenvalue weighted by Gasteiger charge is 2.17. The third-order valence-electron chi connectivity index (χ3n) is 10.5. The Hall–Kier alpha value is -6.84. The SMILES string of the molecule is c1ccc(-n2c3ccccc3c3ccc(-c4nc5cc6c4cccc6c4cccc(c4)c4cccc(c4)c4cccc6ccc5cc64)nc32)cc1. The summed E-state index contributed by atoms with van der Waals surface area (Å²) in [4.78, 5) is 10.9. The number of nitrogens with zero attached hydrogens (tertiary/aromatic N) is 3. The maximum absolute atomic E-state index is 5.49. The van der Waals surface area contributed by atoms with E-state index < -0.39 is 0 Å². The average molecular weight is 648 g/mol. The molecule has 0 amide bonds. The first kappa shape index (κ1) is 28.0. The molecule has 0 aliphatic heterocycles. The number of aromatic nitrogens is 3. The van der Waals surface area contributed by atoms with Gasteiger partial charge in [-0.25, -0.2) is 9.97 Å². The van der Waals surface area contributed by atoms with Crippen molar-refractivity contribution in [1.29, 1.82) is 0 Å². The van der Waals surface area contributed by atoms with E-state index in [9.17, 15) is 0 Å². The van der Waals surface area contributed by atoms with Gasteiger partial charge in [0.1, 0.15) is 5.65 Å². The van der Waals surface area contributed by atoms with E-state index in [2.05, 4.69) is 180 Å². The second kappa shape index (κ2) is 10.8. The molecule has 3 nitrogen and oxygen atoms in total. The summed E-state index contributed by atoms with van der Waals surface area (Å²) in [5.74, 6) is 0. The van der Waals surface area contributed by atoms with Crippen molar-refractivity contribution in [2.45, 2.75) is 0 Å². The molecule has 3 heteroatoms. The van der Waals surface area contributed by atoms with Crippen molar-refractivity contribution in [3.63, 3.8) is 0 Å². The van der Waals surface area contributed by atoms with Gasteiger partial charge in [0.25, 0.3) is 0 Å². The van der Waals surface area contributed by atoms with Gasteiger partial charge in [0.15, 0.2) is 0 Å². The molecule has 3 aromatic heterocycles. The zero-order chi connectivity index (χ0) is 33.5. The topological polar surface area (TPSA) is 30.7 Å². The fourth-order valence-electron chi connectivity index (χ4n) is 8.10. The lowest BCUT2D eigenvalue weighted by atomic mass is 9.97. The van der Waals surface area contributed by atoms with Gasteiger partial charge in [0.2, 0.25) is 0 Å². The van der Waals surface area contributed by atoms with E-state index in [1.54, 1.807) is 0 Å². The average Bonchev–Trinajstić information content (AvgIpc) is 3.53. The summed E-state index contributed by atoms with van der Waals surface area (Å²) in [5, 5.41) is 15.2. The largest absolute Gasteiger partial charge is 0.294 e. The minimum atomic E-state index is 0.845. The summed E-state index contributed by atoms with van der Waals surface area (Å²) >= 11 is 0. The molecule has 0 radical (unpaired) electrons. The van der Waals surface area contributed by atoms with Gasteiger partial charge in [-0.3, -0.25) is 4.57 Å². The van der Waals surface area contributed by atoms with E-state index in [1.807, 2.05) is 0 Å². The zero-order valence-electron chi connectivity index (χ0n) is 27.6. The molecule has 0 aliphatic rings. The summed E-state index contributed by atoms with van der Waals surface area (Å²) in [6.45, 7) is 0. The van der Waals surface area contributed by atoms with E-state index >= 15 is 0 Å². The number of hydrogen-bond acceptors (Lipinski definition) is 2. The van der Waals surface area contributed by atoms with Crippen LogP contribution in [0.25, 0.3) is 104 Å². The fraction of sp³-hybridized carbons (Fsp3) is 0. The molecular formula is C48H29N3. The molecule has 11 aromatic rings. The number of benzene rings is 7. The molecule has 0 unspecified atom stereocenters. The van der Waals surface area contributed by atoms with Crippen molar-refractivity contribution >= 4 is 86.7 Å².